The van der Waals surface area contributed by atoms with Gasteiger partial charge in [-0.2, -0.15) is 0 Å². The smallest absolute Gasteiger partial charge is 0.318 e. The summed E-state index contributed by atoms with van der Waals surface area (Å²) in [6, 6.07) is 6.89. The Morgan fingerprint density at radius 2 is 1.90 bits per heavy atom. The molecule has 0 saturated carbocycles. The summed E-state index contributed by atoms with van der Waals surface area (Å²) in [5.74, 6) is -1.56. The number of urea groups is 1. The molecule has 0 aliphatic rings. The van der Waals surface area contributed by atoms with Gasteiger partial charge in [-0.3, -0.25) is 14.9 Å². The van der Waals surface area contributed by atoms with Gasteiger partial charge >= 0.3 is 12.0 Å². The Morgan fingerprint density at radius 3 is 2.40 bits per heavy atom. The molecule has 1 aromatic rings. The second kappa shape index (κ2) is 6.67. The van der Waals surface area contributed by atoms with Crippen molar-refractivity contribution >= 4 is 17.9 Å². The van der Waals surface area contributed by atoms with Crippen molar-refractivity contribution in [2.75, 3.05) is 7.11 Å². The maximum Gasteiger partial charge on any atom is 0.318 e. The quantitative estimate of drug-likeness (QED) is 0.657. The number of nitrogens with two attached hydrogens (primary N) is 1. The second-order valence-corrected chi connectivity index (χ2v) is 4.12. The number of rotatable bonds is 5. The highest BCUT2D eigenvalue weighted by Gasteiger charge is 2.38. The summed E-state index contributed by atoms with van der Waals surface area (Å²) in [6.45, 7) is 0. The van der Waals surface area contributed by atoms with E-state index < -0.39 is 23.5 Å². The van der Waals surface area contributed by atoms with Crippen LogP contribution in [0, 0.1) is 0 Å². The Bertz CT molecular complexity index is 503. The summed E-state index contributed by atoms with van der Waals surface area (Å²) in [6.07, 6.45) is -0.420. The number of carbonyl (C=O) groups is 3. The number of ether oxygens (including phenoxy) is 1. The minimum absolute atomic E-state index is 0.186. The topological polar surface area (TPSA) is 119 Å². The zero-order chi connectivity index (χ0) is 15.2. The first-order chi connectivity index (χ1) is 9.40. The van der Waals surface area contributed by atoms with Gasteiger partial charge in [0.05, 0.1) is 7.11 Å². The van der Waals surface area contributed by atoms with Gasteiger partial charge in [0.2, 0.25) is 0 Å². The van der Waals surface area contributed by atoms with Crippen LogP contribution in [0.1, 0.15) is 18.4 Å². The van der Waals surface area contributed by atoms with E-state index in [4.69, 9.17) is 5.73 Å². The molecule has 7 heteroatoms. The normalized spacial score (nSPS) is 13.1. The van der Waals surface area contributed by atoms with Crippen LogP contribution in [0.3, 0.4) is 0 Å². The van der Waals surface area contributed by atoms with Crippen LogP contribution < -0.4 is 11.1 Å². The van der Waals surface area contributed by atoms with Crippen LogP contribution in [0.15, 0.2) is 30.3 Å². The van der Waals surface area contributed by atoms with E-state index in [-0.39, 0.29) is 18.4 Å². The highest BCUT2D eigenvalue weighted by molar-refractivity contribution is 5.98. The molecule has 0 spiro atoms. The Balaban J connectivity index is 3.02. The zero-order valence-electron chi connectivity index (χ0n) is 11.0. The third-order valence-electron chi connectivity index (χ3n) is 2.78. The maximum atomic E-state index is 12.0. The first-order valence-electron chi connectivity index (χ1n) is 5.85. The van der Waals surface area contributed by atoms with Gasteiger partial charge in [0, 0.05) is 6.42 Å². The SMILES string of the molecule is COC(=O)CCC(O)(C(=O)NC(N)=O)c1ccccc1. The van der Waals surface area contributed by atoms with E-state index in [0.29, 0.717) is 0 Å². The molecule has 0 heterocycles. The molecule has 0 fully saturated rings. The minimum atomic E-state index is -2.04. The molecule has 1 unspecified atom stereocenters. The molecule has 0 bridgehead atoms. The number of nitrogens with one attached hydrogen (secondary N) is 1. The fourth-order valence-electron chi connectivity index (χ4n) is 1.70. The first kappa shape index (κ1) is 15.6. The highest BCUT2D eigenvalue weighted by Crippen LogP contribution is 2.27. The maximum absolute atomic E-state index is 12.0. The van der Waals surface area contributed by atoms with Crippen LogP contribution in [0.4, 0.5) is 4.79 Å². The van der Waals surface area contributed by atoms with Crippen molar-refractivity contribution in [1.29, 1.82) is 0 Å². The van der Waals surface area contributed by atoms with Crippen molar-refractivity contribution in [3.05, 3.63) is 35.9 Å². The highest BCUT2D eigenvalue weighted by atomic mass is 16.5. The molecule has 1 aromatic carbocycles. The molecule has 0 aliphatic heterocycles. The minimum Gasteiger partial charge on any atom is -0.469 e. The molecule has 3 amide bonds. The van der Waals surface area contributed by atoms with Gasteiger partial charge in [-0.25, -0.2) is 4.79 Å². The average molecular weight is 280 g/mol. The number of carbonyl (C=O) groups excluding carboxylic acids is 3. The molecule has 0 aromatic heterocycles. The van der Waals surface area contributed by atoms with Gasteiger partial charge in [0.15, 0.2) is 5.60 Å². The number of imide groups is 1. The van der Waals surface area contributed by atoms with E-state index in [1.807, 2.05) is 5.32 Å². The summed E-state index contributed by atoms with van der Waals surface area (Å²) in [5.41, 5.74) is 3.09. The number of esters is 1. The van der Waals surface area contributed by atoms with Crippen LogP contribution in [0.25, 0.3) is 0 Å². The van der Waals surface area contributed by atoms with Crippen molar-refractivity contribution in [1.82, 2.24) is 5.32 Å². The number of aliphatic hydroxyl groups is 1. The van der Waals surface area contributed by atoms with Crippen LogP contribution in [0.2, 0.25) is 0 Å². The Hall–Kier alpha value is -2.41. The van der Waals surface area contributed by atoms with Gasteiger partial charge in [-0.1, -0.05) is 30.3 Å². The molecule has 108 valence electrons. The molecule has 20 heavy (non-hydrogen) atoms. The van der Waals surface area contributed by atoms with Crippen LogP contribution in [-0.4, -0.2) is 30.1 Å². The first-order valence-corrected chi connectivity index (χ1v) is 5.85. The average Bonchev–Trinajstić information content (AvgIpc) is 2.44. The predicted molar refractivity (Wildman–Crippen MR) is 69.3 cm³/mol. The van der Waals surface area contributed by atoms with Gasteiger partial charge < -0.3 is 15.6 Å². The lowest BCUT2D eigenvalue weighted by atomic mass is 9.88. The van der Waals surface area contributed by atoms with E-state index in [1.54, 1.807) is 18.2 Å². The van der Waals surface area contributed by atoms with E-state index in [0.717, 1.165) is 0 Å². The fraction of sp³-hybridized carbons (Fsp3) is 0.308. The van der Waals surface area contributed by atoms with Crippen molar-refractivity contribution in [3.8, 4) is 0 Å². The lowest BCUT2D eigenvalue weighted by Crippen LogP contribution is -2.48. The molecular weight excluding hydrogens is 264 g/mol. The molecule has 4 N–H and O–H groups in total. The van der Waals surface area contributed by atoms with E-state index in [1.165, 1.54) is 19.2 Å². The number of amides is 3. The molecule has 1 rings (SSSR count). The summed E-state index contributed by atoms with van der Waals surface area (Å²) in [7, 11) is 1.20. The van der Waals surface area contributed by atoms with Crippen LogP contribution >= 0.6 is 0 Å². The summed E-state index contributed by atoms with van der Waals surface area (Å²) in [5, 5.41) is 12.3. The Morgan fingerprint density at radius 1 is 1.30 bits per heavy atom. The van der Waals surface area contributed by atoms with Gasteiger partial charge in [0.1, 0.15) is 0 Å². The Labute approximate surface area is 115 Å². The second-order valence-electron chi connectivity index (χ2n) is 4.12. The predicted octanol–water partition coefficient (Wildman–Crippen LogP) is 0.0223. The molecule has 1 atom stereocenters. The fourth-order valence-corrected chi connectivity index (χ4v) is 1.70. The number of hydrogen-bond donors (Lipinski definition) is 3. The number of benzene rings is 1. The van der Waals surface area contributed by atoms with E-state index in [2.05, 4.69) is 4.74 Å². The van der Waals surface area contributed by atoms with E-state index in [9.17, 15) is 19.5 Å². The Kier molecular flexibility index (Phi) is 5.22. The largest absolute Gasteiger partial charge is 0.469 e. The lowest BCUT2D eigenvalue weighted by molar-refractivity contribution is -0.146. The van der Waals surface area contributed by atoms with Crippen molar-refractivity contribution in [3.63, 3.8) is 0 Å². The molecule has 0 saturated heterocycles. The number of hydrogen-bond acceptors (Lipinski definition) is 5. The zero-order valence-corrected chi connectivity index (χ0v) is 11.0. The van der Waals surface area contributed by atoms with Crippen molar-refractivity contribution in [2.24, 2.45) is 5.73 Å². The third-order valence-corrected chi connectivity index (χ3v) is 2.78. The van der Waals surface area contributed by atoms with E-state index >= 15 is 0 Å². The standard InChI is InChI=1S/C13H16N2O5/c1-20-10(16)7-8-13(19,11(17)15-12(14)18)9-5-3-2-4-6-9/h2-6,19H,7-8H2,1H3,(H3,14,15,17,18). The molecule has 7 nitrogen and oxygen atoms in total. The van der Waals surface area contributed by atoms with Gasteiger partial charge in [0.25, 0.3) is 5.91 Å². The van der Waals surface area contributed by atoms with Gasteiger partial charge in [-0.05, 0) is 12.0 Å². The summed E-state index contributed by atoms with van der Waals surface area (Å²) in [4.78, 5) is 33.9. The van der Waals surface area contributed by atoms with Crippen LogP contribution in [-0.2, 0) is 19.9 Å². The van der Waals surface area contributed by atoms with Crippen molar-refractivity contribution in [2.45, 2.75) is 18.4 Å². The molecule has 0 aliphatic carbocycles. The van der Waals surface area contributed by atoms with Crippen molar-refractivity contribution < 1.29 is 24.2 Å². The third kappa shape index (κ3) is 3.79. The number of methoxy groups -OCH3 is 1. The summed E-state index contributed by atoms with van der Waals surface area (Å²) < 4.78 is 4.47. The lowest BCUT2D eigenvalue weighted by Gasteiger charge is -2.26. The number of primary amides is 1. The monoisotopic (exact) mass is 280 g/mol. The molecular formula is C13H16N2O5. The summed E-state index contributed by atoms with van der Waals surface area (Å²) >= 11 is 0. The van der Waals surface area contributed by atoms with Crippen LogP contribution in [0.5, 0.6) is 0 Å². The molecule has 0 radical (unpaired) electrons. The van der Waals surface area contributed by atoms with Gasteiger partial charge in [-0.15, -0.1) is 0 Å².